The summed E-state index contributed by atoms with van der Waals surface area (Å²) in [7, 11) is 0. The van der Waals surface area contributed by atoms with E-state index < -0.39 is 35.5 Å². The number of halogens is 4. The molecule has 4 aromatic rings. The molecule has 1 aromatic heterocycles. The minimum atomic E-state index is -4.64. The minimum Gasteiger partial charge on any atom is -0.352 e. The number of nitro groups is 1. The van der Waals surface area contributed by atoms with Crippen LogP contribution in [0.3, 0.4) is 0 Å². The normalized spacial score (nSPS) is 12.2. The van der Waals surface area contributed by atoms with E-state index in [9.17, 15) is 37.7 Å². The number of hydrogen-bond acceptors (Lipinski definition) is 5. The van der Waals surface area contributed by atoms with Crippen molar-refractivity contribution in [2.24, 2.45) is 5.92 Å². The Morgan fingerprint density at radius 2 is 1.64 bits per heavy atom. The summed E-state index contributed by atoms with van der Waals surface area (Å²) in [6.07, 6.45) is -4.64. The zero-order chi connectivity index (χ0) is 33.1. The highest BCUT2D eigenvalue weighted by Crippen LogP contribution is 2.29. The Morgan fingerprint density at radius 1 is 0.956 bits per heavy atom. The number of aromatic nitrogens is 1. The maximum atomic E-state index is 13.6. The van der Waals surface area contributed by atoms with Crippen LogP contribution in [-0.4, -0.2) is 33.4 Å². The summed E-state index contributed by atoms with van der Waals surface area (Å²) < 4.78 is 41.5. The van der Waals surface area contributed by atoms with Gasteiger partial charge in [-0.05, 0) is 54.4 Å². The number of amides is 3. The maximum absolute atomic E-state index is 13.6. The van der Waals surface area contributed by atoms with Gasteiger partial charge < -0.3 is 20.5 Å². The van der Waals surface area contributed by atoms with E-state index in [1.54, 1.807) is 26.8 Å². The number of non-ortho nitro benzene ring substituents is 1. The van der Waals surface area contributed by atoms with Gasteiger partial charge in [-0.3, -0.25) is 24.5 Å². The third-order valence-corrected chi connectivity index (χ3v) is 7.28. The average Bonchev–Trinajstić information content (AvgIpc) is 3.32. The Hall–Kier alpha value is -4.91. The number of nitro benzene ring substituents is 1. The molecule has 45 heavy (non-hydrogen) atoms. The molecular formula is C31H29ClF3N5O5. The van der Waals surface area contributed by atoms with Gasteiger partial charge in [0.05, 0.1) is 21.6 Å². The molecule has 0 spiro atoms. The van der Waals surface area contributed by atoms with Gasteiger partial charge in [-0.25, -0.2) is 0 Å². The molecule has 0 aliphatic heterocycles. The van der Waals surface area contributed by atoms with Crippen molar-refractivity contribution in [2.75, 3.05) is 5.32 Å². The van der Waals surface area contributed by atoms with Crippen molar-refractivity contribution in [1.82, 2.24) is 15.2 Å². The van der Waals surface area contributed by atoms with Crippen molar-refractivity contribution in [1.29, 1.82) is 0 Å². The molecular weight excluding hydrogens is 615 g/mol. The molecule has 10 nitrogen and oxygen atoms in total. The molecule has 1 heterocycles. The summed E-state index contributed by atoms with van der Waals surface area (Å²) in [5.74, 6) is -1.75. The number of anilines is 1. The fourth-order valence-electron chi connectivity index (χ4n) is 4.57. The number of hydrogen-bond donors (Lipinski definition) is 3. The van der Waals surface area contributed by atoms with Crippen molar-refractivity contribution in [2.45, 2.75) is 46.1 Å². The first kappa shape index (κ1) is 33.0. The third-order valence-electron chi connectivity index (χ3n) is 6.95. The lowest BCUT2D eigenvalue weighted by molar-refractivity contribution is -0.384. The number of benzene rings is 3. The monoisotopic (exact) mass is 643 g/mol. The number of nitrogens with zero attached hydrogens (tertiary/aromatic N) is 2. The van der Waals surface area contributed by atoms with Crippen LogP contribution in [0.5, 0.6) is 0 Å². The van der Waals surface area contributed by atoms with E-state index in [1.807, 2.05) is 0 Å². The van der Waals surface area contributed by atoms with Crippen molar-refractivity contribution >= 4 is 51.6 Å². The largest absolute Gasteiger partial charge is 0.406 e. The third kappa shape index (κ3) is 8.18. The molecule has 0 bridgehead atoms. The van der Waals surface area contributed by atoms with Crippen LogP contribution < -0.4 is 16.0 Å². The molecule has 0 saturated heterocycles. The number of alkyl halides is 3. The molecule has 3 amide bonds. The molecule has 1 atom stereocenters. The lowest BCUT2D eigenvalue weighted by Gasteiger charge is -2.17. The van der Waals surface area contributed by atoms with Crippen molar-refractivity contribution in [3.63, 3.8) is 0 Å². The summed E-state index contributed by atoms with van der Waals surface area (Å²) in [5.41, 5.74) is 1.23. The van der Waals surface area contributed by atoms with Crippen molar-refractivity contribution in [3.8, 4) is 0 Å². The van der Waals surface area contributed by atoms with Crippen LogP contribution in [0.1, 0.15) is 58.8 Å². The standard InChI is InChI=1S/C31H29ClF3N5O5/c1-17(2)28(41)36-15-19-4-10-25(32)24(12-19)29(42)38-22-7-11-26-21(13-22)14-27(39(26)16-31(33,34)35)30(43)37-18(3)20-5-8-23(9-6-20)40(44)45/h4-14,17-18H,15-16H2,1-3H3,(H,36,41)(H,37,43)(H,38,42). The molecule has 3 N–H and O–H groups in total. The molecule has 0 fully saturated rings. The summed E-state index contributed by atoms with van der Waals surface area (Å²) in [6, 6.07) is 15.0. The van der Waals surface area contributed by atoms with Gasteiger partial charge in [-0.2, -0.15) is 13.2 Å². The van der Waals surface area contributed by atoms with Crippen LogP contribution >= 0.6 is 11.6 Å². The van der Waals surface area contributed by atoms with Crippen LogP contribution in [-0.2, 0) is 17.9 Å². The smallest absolute Gasteiger partial charge is 0.352 e. The molecule has 3 aromatic carbocycles. The molecule has 0 aliphatic rings. The molecule has 0 radical (unpaired) electrons. The average molecular weight is 644 g/mol. The van der Waals surface area contributed by atoms with Gasteiger partial charge in [0.1, 0.15) is 12.2 Å². The van der Waals surface area contributed by atoms with E-state index in [0.717, 1.165) is 4.57 Å². The zero-order valence-corrected chi connectivity index (χ0v) is 25.1. The van der Waals surface area contributed by atoms with Crippen LogP contribution in [0.25, 0.3) is 10.9 Å². The number of carbonyl (C=O) groups excluding carboxylic acids is 3. The van der Waals surface area contributed by atoms with Crippen molar-refractivity contribution in [3.05, 3.63) is 104 Å². The van der Waals surface area contributed by atoms with Crippen LogP contribution in [0.15, 0.2) is 66.7 Å². The number of fused-ring (bicyclic) bond motifs is 1. The second-order valence-corrected chi connectivity index (χ2v) is 11.1. The molecule has 236 valence electrons. The molecule has 1 unspecified atom stereocenters. The fourth-order valence-corrected chi connectivity index (χ4v) is 4.78. The highest BCUT2D eigenvalue weighted by molar-refractivity contribution is 6.34. The highest BCUT2D eigenvalue weighted by atomic mass is 35.5. The Labute approximate surface area is 260 Å². The Kier molecular flexibility index (Phi) is 9.81. The first-order valence-corrected chi connectivity index (χ1v) is 14.1. The topological polar surface area (TPSA) is 135 Å². The van der Waals surface area contributed by atoms with E-state index in [1.165, 1.54) is 60.7 Å². The van der Waals surface area contributed by atoms with Gasteiger partial charge in [0.25, 0.3) is 17.5 Å². The van der Waals surface area contributed by atoms with Crippen molar-refractivity contribution < 1.29 is 32.5 Å². The minimum absolute atomic E-state index is 0.111. The first-order valence-electron chi connectivity index (χ1n) is 13.8. The van der Waals surface area contributed by atoms with Crippen LogP contribution in [0, 0.1) is 16.0 Å². The molecule has 4 rings (SSSR count). The maximum Gasteiger partial charge on any atom is 0.406 e. The van der Waals surface area contributed by atoms with E-state index >= 15 is 0 Å². The zero-order valence-electron chi connectivity index (χ0n) is 24.4. The lowest BCUT2D eigenvalue weighted by Crippen LogP contribution is -2.30. The molecule has 0 saturated carbocycles. The SMILES string of the molecule is CC(C)C(=O)NCc1ccc(Cl)c(C(=O)Nc2ccc3c(c2)cc(C(=O)NC(C)c2ccc([N+](=O)[O-])cc2)n3CC(F)(F)F)c1. The highest BCUT2D eigenvalue weighted by Gasteiger charge is 2.31. The summed E-state index contributed by atoms with van der Waals surface area (Å²) in [5, 5.41) is 19.4. The van der Waals surface area contributed by atoms with Crippen LogP contribution in [0.2, 0.25) is 5.02 Å². The van der Waals surface area contributed by atoms with E-state index in [0.29, 0.717) is 11.1 Å². The Balaban J connectivity index is 1.58. The van der Waals surface area contributed by atoms with E-state index in [2.05, 4.69) is 16.0 Å². The predicted octanol–water partition coefficient (Wildman–Crippen LogP) is 6.78. The summed E-state index contributed by atoms with van der Waals surface area (Å²) >= 11 is 6.26. The number of nitrogens with one attached hydrogen (secondary N) is 3. The van der Waals surface area contributed by atoms with Gasteiger partial charge in [0, 0.05) is 41.2 Å². The Bertz CT molecular complexity index is 1770. The first-order chi connectivity index (χ1) is 21.1. The second-order valence-electron chi connectivity index (χ2n) is 10.7. The summed E-state index contributed by atoms with van der Waals surface area (Å²) in [6.45, 7) is 3.85. The van der Waals surface area contributed by atoms with Gasteiger partial charge in [0.2, 0.25) is 5.91 Å². The molecule has 14 heteroatoms. The molecule has 0 aliphatic carbocycles. The van der Waals surface area contributed by atoms with E-state index in [-0.39, 0.29) is 56.9 Å². The lowest BCUT2D eigenvalue weighted by atomic mass is 10.1. The van der Waals surface area contributed by atoms with Gasteiger partial charge in [-0.1, -0.05) is 43.6 Å². The second kappa shape index (κ2) is 13.4. The number of rotatable bonds is 10. The van der Waals surface area contributed by atoms with Gasteiger partial charge >= 0.3 is 6.18 Å². The predicted molar refractivity (Wildman–Crippen MR) is 163 cm³/mol. The fraction of sp³-hybridized carbons (Fsp3) is 0.258. The number of carbonyl (C=O) groups is 3. The van der Waals surface area contributed by atoms with Gasteiger partial charge in [0.15, 0.2) is 0 Å². The quantitative estimate of drug-likeness (QED) is 0.129. The summed E-state index contributed by atoms with van der Waals surface area (Å²) in [4.78, 5) is 48.6. The van der Waals surface area contributed by atoms with E-state index in [4.69, 9.17) is 11.6 Å². The van der Waals surface area contributed by atoms with Crippen LogP contribution in [0.4, 0.5) is 24.5 Å². The van der Waals surface area contributed by atoms with Gasteiger partial charge in [-0.15, -0.1) is 0 Å². The Morgan fingerprint density at radius 3 is 2.27 bits per heavy atom.